The number of rotatable bonds is 3. The van der Waals surface area contributed by atoms with Crippen molar-refractivity contribution < 1.29 is 13.2 Å². The largest absolute Gasteiger partial charge is 0.389 e. The molecule has 7 heteroatoms. The molecule has 0 unspecified atom stereocenters. The zero-order valence-electron chi connectivity index (χ0n) is 9.88. The van der Waals surface area contributed by atoms with Gasteiger partial charge >= 0.3 is 0 Å². The van der Waals surface area contributed by atoms with Gasteiger partial charge in [-0.05, 0) is 30.3 Å². The molecule has 2 nitrogen and oxygen atoms in total. The van der Waals surface area contributed by atoms with Crippen LogP contribution in [-0.2, 0) is 0 Å². The summed E-state index contributed by atoms with van der Waals surface area (Å²) in [5.74, 6) is -2.39. The predicted molar refractivity (Wildman–Crippen MR) is 79.6 cm³/mol. The van der Waals surface area contributed by atoms with Crippen LogP contribution in [0.2, 0.25) is 0 Å². The molecule has 0 fully saturated rings. The number of nitrogens with two attached hydrogens (primary N) is 1. The standard InChI is InChI=1S/C13H8BrF3N2S/c14-7-4-9(16)12(10(17)5-7)19-11-2-1-6(13(18)20)3-8(11)15/h1-5,19H,(H2,18,20). The van der Waals surface area contributed by atoms with Crippen molar-refractivity contribution in [2.75, 3.05) is 5.32 Å². The summed E-state index contributed by atoms with van der Waals surface area (Å²) in [6.07, 6.45) is 0. The number of thiocarbonyl (C=S) groups is 1. The van der Waals surface area contributed by atoms with Crippen LogP contribution >= 0.6 is 28.1 Å². The molecule has 0 aromatic heterocycles. The van der Waals surface area contributed by atoms with Gasteiger partial charge in [0.05, 0.1) is 5.69 Å². The van der Waals surface area contributed by atoms with Crippen LogP contribution in [0.3, 0.4) is 0 Å². The van der Waals surface area contributed by atoms with Crippen molar-refractivity contribution in [1.82, 2.24) is 0 Å². The summed E-state index contributed by atoms with van der Waals surface area (Å²) in [7, 11) is 0. The Labute approximate surface area is 126 Å². The maximum Gasteiger partial charge on any atom is 0.150 e. The second kappa shape index (κ2) is 5.80. The normalized spacial score (nSPS) is 10.4. The van der Waals surface area contributed by atoms with Gasteiger partial charge in [-0.3, -0.25) is 0 Å². The number of hydrogen-bond acceptors (Lipinski definition) is 2. The van der Waals surface area contributed by atoms with Gasteiger partial charge in [0.2, 0.25) is 0 Å². The van der Waals surface area contributed by atoms with E-state index in [1.807, 2.05) is 0 Å². The summed E-state index contributed by atoms with van der Waals surface area (Å²) < 4.78 is 41.3. The zero-order valence-corrected chi connectivity index (χ0v) is 12.3. The Kier molecular flexibility index (Phi) is 4.29. The fourth-order valence-electron chi connectivity index (χ4n) is 1.57. The zero-order chi connectivity index (χ0) is 14.9. The van der Waals surface area contributed by atoms with Crippen molar-refractivity contribution in [3.63, 3.8) is 0 Å². The SMILES string of the molecule is NC(=S)c1ccc(Nc2c(F)cc(Br)cc2F)c(F)c1. The number of anilines is 2. The maximum absolute atomic E-state index is 13.8. The van der Waals surface area contributed by atoms with Gasteiger partial charge in [0, 0.05) is 10.0 Å². The van der Waals surface area contributed by atoms with Crippen LogP contribution in [0.4, 0.5) is 24.5 Å². The van der Waals surface area contributed by atoms with Crippen LogP contribution in [0, 0.1) is 17.5 Å². The Balaban J connectivity index is 2.38. The minimum Gasteiger partial charge on any atom is -0.389 e. The molecule has 0 bridgehead atoms. The Morgan fingerprint density at radius 2 is 1.65 bits per heavy atom. The van der Waals surface area contributed by atoms with Crippen molar-refractivity contribution in [3.05, 3.63) is 57.8 Å². The Bertz CT molecular complexity index is 668. The van der Waals surface area contributed by atoms with Crippen molar-refractivity contribution >= 4 is 44.5 Å². The third kappa shape index (κ3) is 3.10. The first-order valence-electron chi connectivity index (χ1n) is 5.39. The molecule has 2 rings (SSSR count). The van der Waals surface area contributed by atoms with Crippen LogP contribution in [0.15, 0.2) is 34.8 Å². The first-order valence-corrected chi connectivity index (χ1v) is 6.59. The number of halogens is 4. The van der Waals surface area contributed by atoms with Gasteiger partial charge < -0.3 is 11.1 Å². The second-order valence-corrected chi connectivity index (χ2v) is 5.28. The summed E-state index contributed by atoms with van der Waals surface area (Å²) in [5, 5.41) is 2.37. The molecule has 0 atom stereocenters. The summed E-state index contributed by atoms with van der Waals surface area (Å²) in [6.45, 7) is 0. The minimum absolute atomic E-state index is 0.0384. The summed E-state index contributed by atoms with van der Waals surface area (Å²) in [5.41, 5.74) is 5.19. The molecule has 0 saturated heterocycles. The predicted octanol–water partition coefficient (Wildman–Crippen LogP) is 4.24. The third-order valence-electron chi connectivity index (χ3n) is 2.52. The van der Waals surface area contributed by atoms with Gasteiger partial charge in [-0.25, -0.2) is 13.2 Å². The molecule has 2 aromatic rings. The number of nitrogens with one attached hydrogen (secondary N) is 1. The maximum atomic E-state index is 13.8. The van der Waals surface area contributed by atoms with E-state index in [2.05, 4.69) is 21.2 Å². The quantitative estimate of drug-likeness (QED) is 0.803. The molecule has 0 amide bonds. The lowest BCUT2D eigenvalue weighted by atomic mass is 10.2. The van der Waals surface area contributed by atoms with Crippen LogP contribution in [-0.4, -0.2) is 4.99 Å². The summed E-state index contributed by atoms with van der Waals surface area (Å²) >= 11 is 7.68. The molecule has 0 aliphatic rings. The highest BCUT2D eigenvalue weighted by Gasteiger charge is 2.13. The van der Waals surface area contributed by atoms with Gasteiger partial charge in [0.15, 0.2) is 11.6 Å². The number of hydrogen-bond donors (Lipinski definition) is 2. The lowest BCUT2D eigenvalue weighted by Crippen LogP contribution is -2.10. The minimum atomic E-state index is -0.838. The van der Waals surface area contributed by atoms with E-state index in [0.717, 1.165) is 18.2 Å². The van der Waals surface area contributed by atoms with Crippen LogP contribution in [0.1, 0.15) is 5.56 Å². The fraction of sp³-hybridized carbons (Fsp3) is 0. The first kappa shape index (κ1) is 14.8. The Hall–Kier alpha value is -1.60. The molecule has 0 radical (unpaired) electrons. The van der Waals surface area contributed by atoms with Crippen molar-refractivity contribution in [1.29, 1.82) is 0 Å². The highest BCUT2D eigenvalue weighted by atomic mass is 79.9. The Morgan fingerprint density at radius 1 is 1.05 bits per heavy atom. The molecule has 20 heavy (non-hydrogen) atoms. The topological polar surface area (TPSA) is 38.0 Å². The molecule has 3 N–H and O–H groups in total. The van der Waals surface area contributed by atoms with E-state index in [0.29, 0.717) is 5.56 Å². The van der Waals surface area contributed by atoms with Crippen LogP contribution in [0.5, 0.6) is 0 Å². The summed E-state index contributed by atoms with van der Waals surface area (Å²) in [4.78, 5) is 0.0384. The lowest BCUT2D eigenvalue weighted by molar-refractivity contribution is 0.588. The van der Waals surface area contributed by atoms with Crippen molar-refractivity contribution in [2.45, 2.75) is 0 Å². The molecular weight excluding hydrogens is 353 g/mol. The van der Waals surface area contributed by atoms with E-state index >= 15 is 0 Å². The van der Waals surface area contributed by atoms with Gasteiger partial charge in [-0.1, -0.05) is 28.1 Å². The van der Waals surface area contributed by atoms with Crippen molar-refractivity contribution in [2.24, 2.45) is 5.73 Å². The monoisotopic (exact) mass is 360 g/mol. The highest BCUT2D eigenvalue weighted by molar-refractivity contribution is 9.10. The smallest absolute Gasteiger partial charge is 0.150 e. The van der Waals surface area contributed by atoms with E-state index in [4.69, 9.17) is 18.0 Å². The number of benzene rings is 2. The third-order valence-corrected chi connectivity index (χ3v) is 3.21. The van der Waals surface area contributed by atoms with E-state index < -0.39 is 23.1 Å². The molecule has 0 heterocycles. The molecule has 0 aliphatic carbocycles. The van der Waals surface area contributed by atoms with E-state index in [9.17, 15) is 13.2 Å². The van der Waals surface area contributed by atoms with Gasteiger partial charge in [-0.2, -0.15) is 0 Å². The van der Waals surface area contributed by atoms with E-state index in [-0.39, 0.29) is 15.1 Å². The summed E-state index contributed by atoms with van der Waals surface area (Å²) in [6, 6.07) is 6.02. The highest BCUT2D eigenvalue weighted by Crippen LogP contribution is 2.28. The molecule has 0 aliphatic heterocycles. The van der Waals surface area contributed by atoms with E-state index in [1.54, 1.807) is 0 Å². The van der Waals surface area contributed by atoms with Gasteiger partial charge in [0.1, 0.15) is 16.5 Å². The molecule has 0 saturated carbocycles. The lowest BCUT2D eigenvalue weighted by Gasteiger charge is -2.11. The first-order chi connectivity index (χ1) is 9.38. The van der Waals surface area contributed by atoms with Gasteiger partial charge in [0.25, 0.3) is 0 Å². The van der Waals surface area contributed by atoms with E-state index in [1.165, 1.54) is 12.1 Å². The average molecular weight is 361 g/mol. The van der Waals surface area contributed by atoms with Crippen LogP contribution < -0.4 is 11.1 Å². The molecular formula is C13H8BrF3N2S. The Morgan fingerprint density at radius 3 is 2.15 bits per heavy atom. The van der Waals surface area contributed by atoms with Crippen LogP contribution in [0.25, 0.3) is 0 Å². The van der Waals surface area contributed by atoms with Crippen molar-refractivity contribution in [3.8, 4) is 0 Å². The average Bonchev–Trinajstić information content (AvgIpc) is 2.34. The fourth-order valence-corrected chi connectivity index (χ4v) is 2.09. The molecule has 104 valence electrons. The second-order valence-electron chi connectivity index (χ2n) is 3.93. The molecule has 2 aromatic carbocycles. The molecule has 0 spiro atoms. The van der Waals surface area contributed by atoms with Gasteiger partial charge in [-0.15, -0.1) is 0 Å².